The van der Waals surface area contributed by atoms with E-state index in [1.165, 1.54) is 71.3 Å². The average molecular weight is 472 g/mol. The van der Waals surface area contributed by atoms with Crippen molar-refractivity contribution < 1.29 is 0 Å². The van der Waals surface area contributed by atoms with Crippen LogP contribution in [0.15, 0.2) is 115 Å². The van der Waals surface area contributed by atoms with Crippen LogP contribution >= 0.6 is 0 Å². The maximum absolute atomic E-state index is 4.59. The summed E-state index contributed by atoms with van der Waals surface area (Å²) in [4.78, 5) is 4.59. The van der Waals surface area contributed by atoms with E-state index in [1.54, 1.807) is 0 Å². The molecule has 0 amide bonds. The minimum absolute atomic E-state index is 0.0880. The fraction of sp³-hybridized carbons (Fsp3) is 0.0833. The summed E-state index contributed by atoms with van der Waals surface area (Å²) in [5.41, 5.74) is 10.1. The van der Waals surface area contributed by atoms with Crippen molar-refractivity contribution in [3.05, 3.63) is 127 Å². The van der Waals surface area contributed by atoms with Gasteiger partial charge >= 0.3 is 0 Å². The Hall–Kier alpha value is -4.49. The zero-order chi connectivity index (χ0) is 24.7. The van der Waals surface area contributed by atoms with Gasteiger partial charge in [0.15, 0.2) is 0 Å². The number of hydrogen-bond acceptors (Lipinski definition) is 1. The van der Waals surface area contributed by atoms with Gasteiger partial charge in [0.25, 0.3) is 0 Å². The Morgan fingerprint density at radius 3 is 1.86 bits per heavy atom. The van der Waals surface area contributed by atoms with Crippen molar-refractivity contribution in [1.29, 1.82) is 0 Å². The normalized spacial score (nSPS) is 13.9. The predicted octanol–water partition coefficient (Wildman–Crippen LogP) is 9.62. The van der Waals surface area contributed by atoms with Crippen LogP contribution in [-0.4, -0.2) is 4.98 Å². The molecular weight excluding hydrogens is 446 g/mol. The van der Waals surface area contributed by atoms with Crippen molar-refractivity contribution >= 4 is 32.3 Å². The third-order valence-corrected chi connectivity index (χ3v) is 8.48. The van der Waals surface area contributed by atoms with Gasteiger partial charge in [-0.05, 0) is 90.0 Å². The highest BCUT2D eigenvalue weighted by molar-refractivity contribution is 6.25. The van der Waals surface area contributed by atoms with E-state index in [1.807, 2.05) is 12.3 Å². The second kappa shape index (κ2) is 7.27. The van der Waals surface area contributed by atoms with Crippen LogP contribution in [0.1, 0.15) is 25.0 Å². The Balaban J connectivity index is 1.32. The maximum Gasteiger partial charge on any atom is 0.0702 e. The summed E-state index contributed by atoms with van der Waals surface area (Å²) >= 11 is 0. The van der Waals surface area contributed by atoms with E-state index in [4.69, 9.17) is 0 Å². The van der Waals surface area contributed by atoms with Crippen LogP contribution in [0.25, 0.3) is 65.8 Å². The van der Waals surface area contributed by atoms with Gasteiger partial charge in [-0.1, -0.05) is 98.8 Å². The van der Waals surface area contributed by atoms with Gasteiger partial charge in [0.05, 0.1) is 5.69 Å². The summed E-state index contributed by atoms with van der Waals surface area (Å²) in [5, 5.41) is 7.99. The number of benzene rings is 6. The number of hydrogen-bond donors (Lipinski definition) is 0. The Kier molecular flexibility index (Phi) is 4.06. The standard InChI is InChI=1S/C36H25N/c1-36(2)31-20-25(13-16-28(31)29-17-14-26(21-32(29)36)33-8-3-4-19-37-33)27-15-11-24-10-9-22-6-5-7-23-12-18-30(27)35(24)34(22)23/h3-21H,1-2H3. The Morgan fingerprint density at radius 1 is 0.514 bits per heavy atom. The first-order valence-electron chi connectivity index (χ1n) is 13.0. The fourth-order valence-corrected chi connectivity index (χ4v) is 6.58. The first-order chi connectivity index (χ1) is 18.1. The van der Waals surface area contributed by atoms with Crippen LogP contribution in [0.2, 0.25) is 0 Å². The summed E-state index contributed by atoms with van der Waals surface area (Å²) in [6.45, 7) is 4.71. The van der Waals surface area contributed by atoms with Gasteiger partial charge in [0, 0.05) is 17.2 Å². The third kappa shape index (κ3) is 2.83. The SMILES string of the molecule is CC1(C)c2cc(-c3ccccn3)ccc2-c2ccc(-c3ccc4ccc5cccc6ccc3c4c56)cc21. The number of nitrogens with zero attached hydrogens (tertiary/aromatic N) is 1. The lowest BCUT2D eigenvalue weighted by atomic mass is 9.80. The van der Waals surface area contributed by atoms with E-state index in [-0.39, 0.29) is 5.41 Å². The van der Waals surface area contributed by atoms with E-state index in [0.29, 0.717) is 0 Å². The molecule has 6 aromatic carbocycles. The van der Waals surface area contributed by atoms with Crippen molar-refractivity contribution in [3.63, 3.8) is 0 Å². The molecule has 1 heteroatoms. The molecule has 0 bridgehead atoms. The first kappa shape index (κ1) is 20.7. The molecule has 0 N–H and O–H groups in total. The number of pyridine rings is 1. The van der Waals surface area contributed by atoms with Crippen molar-refractivity contribution in [2.24, 2.45) is 0 Å². The quantitative estimate of drug-likeness (QED) is 0.229. The lowest BCUT2D eigenvalue weighted by molar-refractivity contribution is 0.661. The number of aromatic nitrogens is 1. The molecule has 37 heavy (non-hydrogen) atoms. The van der Waals surface area contributed by atoms with Crippen molar-refractivity contribution in [2.75, 3.05) is 0 Å². The topological polar surface area (TPSA) is 12.9 Å². The molecule has 0 unspecified atom stereocenters. The Bertz CT molecular complexity index is 1980. The highest BCUT2D eigenvalue weighted by Crippen LogP contribution is 2.51. The molecule has 0 saturated carbocycles. The summed E-state index contributed by atoms with van der Waals surface area (Å²) in [6.07, 6.45) is 1.87. The molecule has 8 rings (SSSR count). The molecule has 1 aliphatic rings. The van der Waals surface area contributed by atoms with Crippen LogP contribution in [0.3, 0.4) is 0 Å². The zero-order valence-corrected chi connectivity index (χ0v) is 20.9. The Labute approximate surface area is 216 Å². The van der Waals surface area contributed by atoms with Gasteiger partial charge in [0.2, 0.25) is 0 Å². The molecule has 0 aliphatic heterocycles. The summed E-state index contributed by atoms with van der Waals surface area (Å²) < 4.78 is 0. The summed E-state index contributed by atoms with van der Waals surface area (Å²) in [6, 6.07) is 40.3. The van der Waals surface area contributed by atoms with Gasteiger partial charge < -0.3 is 0 Å². The van der Waals surface area contributed by atoms with Crippen molar-refractivity contribution in [1.82, 2.24) is 4.98 Å². The molecular formula is C36H25N. The molecule has 1 nitrogen and oxygen atoms in total. The van der Waals surface area contributed by atoms with Crippen LogP contribution in [0.4, 0.5) is 0 Å². The predicted molar refractivity (Wildman–Crippen MR) is 156 cm³/mol. The number of rotatable bonds is 2. The van der Waals surface area contributed by atoms with E-state index in [9.17, 15) is 0 Å². The fourth-order valence-electron chi connectivity index (χ4n) is 6.58. The molecule has 0 radical (unpaired) electrons. The second-order valence-corrected chi connectivity index (χ2v) is 10.8. The molecule has 1 aliphatic carbocycles. The molecule has 0 spiro atoms. The van der Waals surface area contributed by atoms with Gasteiger partial charge in [-0.2, -0.15) is 0 Å². The largest absolute Gasteiger partial charge is 0.256 e. The van der Waals surface area contributed by atoms with Crippen molar-refractivity contribution in [2.45, 2.75) is 19.3 Å². The molecule has 0 saturated heterocycles. The van der Waals surface area contributed by atoms with E-state index in [0.717, 1.165) is 5.69 Å². The maximum atomic E-state index is 4.59. The van der Waals surface area contributed by atoms with Crippen LogP contribution in [-0.2, 0) is 5.41 Å². The monoisotopic (exact) mass is 471 g/mol. The summed E-state index contributed by atoms with van der Waals surface area (Å²) in [5.74, 6) is 0. The van der Waals surface area contributed by atoms with E-state index in [2.05, 4.69) is 122 Å². The molecule has 0 fully saturated rings. The molecule has 1 aromatic heterocycles. The smallest absolute Gasteiger partial charge is 0.0702 e. The minimum Gasteiger partial charge on any atom is -0.256 e. The Morgan fingerprint density at radius 2 is 1.14 bits per heavy atom. The van der Waals surface area contributed by atoms with Crippen molar-refractivity contribution in [3.8, 4) is 33.5 Å². The summed E-state index contributed by atoms with van der Waals surface area (Å²) in [7, 11) is 0. The molecule has 0 atom stereocenters. The van der Waals surface area contributed by atoms with E-state index < -0.39 is 0 Å². The zero-order valence-electron chi connectivity index (χ0n) is 20.9. The third-order valence-electron chi connectivity index (χ3n) is 8.48. The van der Waals surface area contributed by atoms with Gasteiger partial charge in [0.1, 0.15) is 0 Å². The molecule has 7 aromatic rings. The minimum atomic E-state index is -0.0880. The van der Waals surface area contributed by atoms with Crippen LogP contribution in [0.5, 0.6) is 0 Å². The van der Waals surface area contributed by atoms with Gasteiger partial charge in [-0.25, -0.2) is 0 Å². The highest BCUT2D eigenvalue weighted by Gasteiger charge is 2.36. The second-order valence-electron chi connectivity index (χ2n) is 10.8. The molecule has 1 heterocycles. The highest BCUT2D eigenvalue weighted by atomic mass is 14.7. The van der Waals surface area contributed by atoms with E-state index >= 15 is 0 Å². The number of fused-ring (bicyclic) bond motifs is 3. The average Bonchev–Trinajstić information content (AvgIpc) is 3.17. The van der Waals surface area contributed by atoms with Gasteiger partial charge in [-0.3, -0.25) is 4.98 Å². The lowest BCUT2D eigenvalue weighted by Gasteiger charge is -2.23. The van der Waals surface area contributed by atoms with Crippen LogP contribution in [0, 0.1) is 0 Å². The van der Waals surface area contributed by atoms with Crippen LogP contribution < -0.4 is 0 Å². The first-order valence-corrected chi connectivity index (χ1v) is 13.0. The van der Waals surface area contributed by atoms with Gasteiger partial charge in [-0.15, -0.1) is 0 Å². The lowest BCUT2D eigenvalue weighted by Crippen LogP contribution is -2.15. The molecule has 174 valence electrons.